The molecular weight excluding hydrogens is 476 g/mol. The molecule has 0 saturated carbocycles. The van der Waals surface area contributed by atoms with Crippen molar-refractivity contribution < 1.29 is 33.6 Å². The van der Waals surface area contributed by atoms with E-state index in [1.54, 1.807) is 38.3 Å². The summed E-state index contributed by atoms with van der Waals surface area (Å²) in [5.41, 5.74) is 2.92. The number of phenols is 1. The number of unbranched alkanes of at least 4 members (excludes halogenated alkanes) is 1. The summed E-state index contributed by atoms with van der Waals surface area (Å²) >= 11 is 0. The normalized spacial score (nSPS) is 12.5. The Hall–Kier alpha value is -4.14. The molecule has 1 aliphatic heterocycles. The summed E-state index contributed by atoms with van der Waals surface area (Å²) in [4.78, 5) is 13.1. The van der Waals surface area contributed by atoms with Crippen molar-refractivity contribution in [3.63, 3.8) is 0 Å². The molecular formula is C28H32N2O7. The number of hydrogen-bond acceptors (Lipinski definition) is 8. The van der Waals surface area contributed by atoms with Crippen LogP contribution in [0.25, 0.3) is 17.3 Å². The highest BCUT2D eigenvalue weighted by atomic mass is 16.7. The maximum absolute atomic E-state index is 13.1. The summed E-state index contributed by atoms with van der Waals surface area (Å²) in [6, 6.07) is 8.62. The van der Waals surface area contributed by atoms with Crippen LogP contribution in [0.5, 0.6) is 28.7 Å². The van der Waals surface area contributed by atoms with Crippen molar-refractivity contribution in [3.05, 3.63) is 53.2 Å². The van der Waals surface area contributed by atoms with E-state index in [0.717, 1.165) is 18.4 Å². The number of phenolic OH excluding ortho intramolecular Hbond substituents is 1. The van der Waals surface area contributed by atoms with E-state index in [0.29, 0.717) is 51.9 Å². The zero-order valence-electron chi connectivity index (χ0n) is 21.6. The summed E-state index contributed by atoms with van der Waals surface area (Å²) in [5.74, 6) is 1.88. The molecule has 0 amide bonds. The predicted molar refractivity (Wildman–Crippen MR) is 138 cm³/mol. The van der Waals surface area contributed by atoms with Crippen molar-refractivity contribution in [2.75, 3.05) is 27.6 Å². The van der Waals surface area contributed by atoms with Gasteiger partial charge in [0.15, 0.2) is 11.5 Å². The number of ether oxygens (including phenoxy) is 5. The van der Waals surface area contributed by atoms with Gasteiger partial charge in [0.05, 0.1) is 20.8 Å². The van der Waals surface area contributed by atoms with Crippen LogP contribution >= 0.6 is 0 Å². The molecule has 4 rings (SSSR count). The molecule has 0 spiro atoms. The summed E-state index contributed by atoms with van der Waals surface area (Å²) in [7, 11) is 3.11. The first kappa shape index (κ1) is 25.9. The molecule has 0 radical (unpaired) electrons. The zero-order chi connectivity index (χ0) is 26.4. The van der Waals surface area contributed by atoms with Gasteiger partial charge in [0.1, 0.15) is 22.9 Å². The Labute approximate surface area is 216 Å². The molecule has 0 aliphatic carbocycles. The van der Waals surface area contributed by atoms with Crippen molar-refractivity contribution in [1.29, 1.82) is 0 Å². The Kier molecular flexibility index (Phi) is 8.22. The lowest BCUT2D eigenvalue weighted by Gasteiger charge is -2.12. The van der Waals surface area contributed by atoms with Crippen LogP contribution in [0.15, 0.2) is 42.1 Å². The average Bonchev–Trinajstić information content (AvgIpc) is 3.52. The van der Waals surface area contributed by atoms with Crippen molar-refractivity contribution in [1.82, 2.24) is 9.78 Å². The molecule has 1 aliphatic rings. The molecule has 0 atom stereocenters. The first-order valence-corrected chi connectivity index (χ1v) is 12.3. The fourth-order valence-corrected chi connectivity index (χ4v) is 4.12. The molecule has 9 heteroatoms. The highest BCUT2D eigenvalue weighted by Gasteiger charge is 2.22. The molecule has 2 aromatic carbocycles. The van der Waals surface area contributed by atoms with Crippen LogP contribution in [0.1, 0.15) is 37.8 Å². The number of esters is 1. The maximum atomic E-state index is 13.1. The van der Waals surface area contributed by atoms with Crippen LogP contribution in [-0.2, 0) is 22.5 Å². The lowest BCUT2D eigenvalue weighted by Crippen LogP contribution is -2.10. The van der Waals surface area contributed by atoms with E-state index in [9.17, 15) is 9.90 Å². The predicted octanol–water partition coefficient (Wildman–Crippen LogP) is 4.99. The number of benzene rings is 2. The molecule has 1 aromatic heterocycles. The van der Waals surface area contributed by atoms with Crippen molar-refractivity contribution in [2.45, 2.75) is 39.7 Å². The Morgan fingerprint density at radius 1 is 1.14 bits per heavy atom. The van der Waals surface area contributed by atoms with Gasteiger partial charge in [0.2, 0.25) is 6.79 Å². The van der Waals surface area contributed by atoms with Gasteiger partial charge in [0.25, 0.3) is 0 Å². The second-order valence-electron chi connectivity index (χ2n) is 8.52. The number of carbonyl (C=O) groups is 1. The average molecular weight is 509 g/mol. The number of aromatic nitrogens is 2. The second-order valence-corrected chi connectivity index (χ2v) is 8.52. The first-order valence-electron chi connectivity index (χ1n) is 12.3. The van der Waals surface area contributed by atoms with E-state index in [2.05, 4.69) is 6.92 Å². The molecule has 0 bridgehead atoms. The lowest BCUT2D eigenvalue weighted by molar-refractivity contribution is -0.138. The van der Waals surface area contributed by atoms with Gasteiger partial charge in [-0.15, -0.1) is 0 Å². The first-order chi connectivity index (χ1) is 18.0. The number of aryl methyl sites for hydroxylation is 1. The number of methoxy groups -OCH3 is 2. The van der Waals surface area contributed by atoms with Gasteiger partial charge in [-0.1, -0.05) is 13.3 Å². The minimum absolute atomic E-state index is 0.0323. The standard InChI is InChI=1S/C28H32N2O7/c1-5-7-10-30-16-20(27(29-30)22-9-8-21(33-3)14-23(22)31)12-19(28(32)35-6-2)11-18-13-25-26(37-17-36-25)15-24(18)34-4/h8-9,12-16,31H,5-7,10-11,17H2,1-4H3. The monoisotopic (exact) mass is 508 g/mol. The van der Waals surface area contributed by atoms with E-state index in [1.165, 1.54) is 13.2 Å². The van der Waals surface area contributed by atoms with Gasteiger partial charge in [0, 0.05) is 53.6 Å². The fourth-order valence-electron chi connectivity index (χ4n) is 4.12. The van der Waals surface area contributed by atoms with Gasteiger partial charge in [-0.05, 0) is 37.6 Å². The Morgan fingerprint density at radius 2 is 1.92 bits per heavy atom. The highest BCUT2D eigenvalue weighted by molar-refractivity contribution is 5.95. The highest BCUT2D eigenvalue weighted by Crippen LogP contribution is 2.39. The largest absolute Gasteiger partial charge is 0.507 e. The number of aromatic hydroxyl groups is 1. The number of nitrogens with zero attached hydrogens (tertiary/aromatic N) is 2. The van der Waals surface area contributed by atoms with Gasteiger partial charge < -0.3 is 28.8 Å². The third-order valence-electron chi connectivity index (χ3n) is 6.01. The lowest BCUT2D eigenvalue weighted by atomic mass is 9.99. The number of hydrogen-bond donors (Lipinski definition) is 1. The van der Waals surface area contributed by atoms with Crippen molar-refractivity contribution >= 4 is 12.0 Å². The summed E-state index contributed by atoms with van der Waals surface area (Å²) in [6.07, 6.45) is 5.82. The SMILES string of the molecule is CCCCn1cc(C=C(Cc2cc3c(cc2OC)OCO3)C(=O)OCC)c(-c2ccc(OC)cc2O)n1. The number of fused-ring (bicyclic) bond motifs is 1. The Balaban J connectivity index is 1.80. The van der Waals surface area contributed by atoms with E-state index >= 15 is 0 Å². The van der Waals surface area contributed by atoms with Crippen LogP contribution < -0.4 is 18.9 Å². The minimum Gasteiger partial charge on any atom is -0.507 e. The van der Waals surface area contributed by atoms with Crippen LogP contribution in [0.4, 0.5) is 0 Å². The molecule has 1 N–H and O–H groups in total. The fraction of sp³-hybridized carbons (Fsp3) is 0.357. The molecule has 196 valence electrons. The minimum atomic E-state index is -0.451. The molecule has 0 saturated heterocycles. The summed E-state index contributed by atoms with van der Waals surface area (Å²) in [5, 5.41) is 15.5. The Bertz CT molecular complexity index is 1300. The van der Waals surface area contributed by atoms with Gasteiger partial charge in [-0.2, -0.15) is 5.10 Å². The van der Waals surface area contributed by atoms with E-state index in [4.69, 9.17) is 28.8 Å². The van der Waals surface area contributed by atoms with Crippen LogP contribution in [0.2, 0.25) is 0 Å². The number of rotatable bonds is 11. The van der Waals surface area contributed by atoms with E-state index in [-0.39, 0.29) is 25.6 Å². The van der Waals surface area contributed by atoms with Crippen LogP contribution in [0.3, 0.4) is 0 Å². The molecule has 9 nitrogen and oxygen atoms in total. The molecule has 3 aromatic rings. The summed E-state index contributed by atoms with van der Waals surface area (Å²) < 4.78 is 29.0. The van der Waals surface area contributed by atoms with Crippen LogP contribution in [0, 0.1) is 0 Å². The smallest absolute Gasteiger partial charge is 0.334 e. The van der Waals surface area contributed by atoms with Gasteiger partial charge in [-0.3, -0.25) is 4.68 Å². The van der Waals surface area contributed by atoms with Crippen molar-refractivity contribution in [3.8, 4) is 40.0 Å². The molecule has 0 unspecified atom stereocenters. The Morgan fingerprint density at radius 3 is 2.59 bits per heavy atom. The third-order valence-corrected chi connectivity index (χ3v) is 6.01. The van der Waals surface area contributed by atoms with Crippen molar-refractivity contribution in [2.24, 2.45) is 0 Å². The molecule has 37 heavy (non-hydrogen) atoms. The van der Waals surface area contributed by atoms with Gasteiger partial charge in [-0.25, -0.2) is 4.79 Å². The molecule has 0 fully saturated rings. The van der Waals surface area contributed by atoms with Crippen LogP contribution in [-0.4, -0.2) is 48.5 Å². The summed E-state index contributed by atoms with van der Waals surface area (Å²) in [6.45, 7) is 4.95. The topological polar surface area (TPSA) is 101 Å². The quantitative estimate of drug-likeness (QED) is 0.286. The molecule has 2 heterocycles. The zero-order valence-corrected chi connectivity index (χ0v) is 21.6. The van der Waals surface area contributed by atoms with Gasteiger partial charge >= 0.3 is 5.97 Å². The van der Waals surface area contributed by atoms with E-state index < -0.39 is 5.97 Å². The second kappa shape index (κ2) is 11.7. The number of carbonyl (C=O) groups excluding carboxylic acids is 1. The van der Waals surface area contributed by atoms with E-state index in [1.807, 2.05) is 16.9 Å². The third kappa shape index (κ3) is 5.82. The maximum Gasteiger partial charge on any atom is 0.334 e.